The number of rotatable bonds is 2. The van der Waals surface area contributed by atoms with Crippen LogP contribution in [-0.4, -0.2) is 37.2 Å². The second kappa shape index (κ2) is 5.09. The normalized spacial score (nSPS) is 27.5. The fourth-order valence-electron chi connectivity index (χ4n) is 3.05. The number of sulfonamides is 1. The lowest BCUT2D eigenvalue weighted by molar-refractivity contribution is 0.125. The Kier molecular flexibility index (Phi) is 3.56. The van der Waals surface area contributed by atoms with Crippen molar-refractivity contribution in [1.82, 2.24) is 4.31 Å². The Morgan fingerprint density at radius 3 is 2.90 bits per heavy atom. The summed E-state index contributed by atoms with van der Waals surface area (Å²) >= 11 is 0. The van der Waals surface area contributed by atoms with Crippen molar-refractivity contribution in [3.8, 4) is 0 Å². The number of fused-ring (bicyclic) bond motifs is 1. The van der Waals surface area contributed by atoms with Crippen LogP contribution in [-0.2, 0) is 27.7 Å². The smallest absolute Gasteiger partial charge is 0.219 e. The Labute approximate surface area is 118 Å². The minimum atomic E-state index is -3.38. The summed E-state index contributed by atoms with van der Waals surface area (Å²) in [6, 6.07) is 4.86. The molecular weight excluding hydrogens is 281 g/mol. The largest absolute Gasteiger partial charge is 0.377 e. The first-order valence-electron chi connectivity index (χ1n) is 6.87. The van der Waals surface area contributed by atoms with Crippen LogP contribution in [0.25, 0.3) is 0 Å². The lowest BCUT2D eigenvalue weighted by Gasteiger charge is -2.31. The highest BCUT2D eigenvalue weighted by Crippen LogP contribution is 2.29. The predicted octanol–water partition coefficient (Wildman–Crippen LogP) is 1.69. The highest BCUT2D eigenvalue weighted by atomic mass is 32.2. The number of halogens is 1. The van der Waals surface area contributed by atoms with Crippen LogP contribution in [0.1, 0.15) is 24.5 Å². The third-order valence-electron chi connectivity index (χ3n) is 4.22. The molecule has 0 amide bonds. The zero-order valence-electron chi connectivity index (χ0n) is 11.4. The van der Waals surface area contributed by atoms with Crippen LogP contribution in [0.5, 0.6) is 0 Å². The van der Waals surface area contributed by atoms with Crippen molar-refractivity contribution in [2.75, 3.05) is 13.2 Å². The molecule has 2 atom stereocenters. The summed E-state index contributed by atoms with van der Waals surface area (Å²) in [7, 11) is -3.38. The van der Waals surface area contributed by atoms with E-state index in [0.717, 1.165) is 5.56 Å². The van der Waals surface area contributed by atoms with Crippen molar-refractivity contribution in [2.45, 2.75) is 37.7 Å². The van der Waals surface area contributed by atoms with Gasteiger partial charge in [-0.1, -0.05) is 12.1 Å². The fourth-order valence-corrected chi connectivity index (χ4v) is 5.05. The minimum absolute atomic E-state index is 0.239. The van der Waals surface area contributed by atoms with Crippen molar-refractivity contribution in [3.63, 3.8) is 0 Å². The van der Waals surface area contributed by atoms with Crippen molar-refractivity contribution in [1.29, 1.82) is 0 Å². The molecule has 1 aromatic carbocycles. The summed E-state index contributed by atoms with van der Waals surface area (Å²) in [6.45, 7) is 2.90. The fraction of sp³-hybridized carbons (Fsp3) is 0.571. The topological polar surface area (TPSA) is 46.6 Å². The van der Waals surface area contributed by atoms with Gasteiger partial charge in [0.2, 0.25) is 10.0 Å². The molecule has 0 bridgehead atoms. The Balaban J connectivity index is 1.86. The van der Waals surface area contributed by atoms with E-state index in [-0.39, 0.29) is 18.5 Å². The molecule has 2 aliphatic heterocycles. The van der Waals surface area contributed by atoms with Crippen LogP contribution in [0, 0.1) is 5.82 Å². The zero-order valence-corrected chi connectivity index (χ0v) is 12.2. The number of benzene rings is 1. The van der Waals surface area contributed by atoms with E-state index in [9.17, 15) is 12.8 Å². The van der Waals surface area contributed by atoms with Gasteiger partial charge in [0.05, 0.1) is 6.10 Å². The van der Waals surface area contributed by atoms with Gasteiger partial charge in [-0.15, -0.1) is 0 Å². The van der Waals surface area contributed by atoms with Crippen molar-refractivity contribution < 1.29 is 17.5 Å². The van der Waals surface area contributed by atoms with E-state index in [2.05, 4.69) is 0 Å². The summed E-state index contributed by atoms with van der Waals surface area (Å²) in [5, 5.41) is -0.474. The molecule has 2 aliphatic rings. The van der Waals surface area contributed by atoms with E-state index in [0.29, 0.717) is 31.6 Å². The van der Waals surface area contributed by atoms with Gasteiger partial charge in [-0.05, 0) is 37.0 Å². The Morgan fingerprint density at radius 1 is 1.40 bits per heavy atom. The Hall–Kier alpha value is -0.980. The van der Waals surface area contributed by atoms with Gasteiger partial charge in [0.15, 0.2) is 0 Å². The van der Waals surface area contributed by atoms with E-state index in [1.807, 2.05) is 0 Å². The van der Waals surface area contributed by atoms with E-state index in [4.69, 9.17) is 4.74 Å². The summed E-state index contributed by atoms with van der Waals surface area (Å²) in [5.74, 6) is -0.239. The summed E-state index contributed by atoms with van der Waals surface area (Å²) in [4.78, 5) is 0. The maximum absolute atomic E-state index is 13.7. The summed E-state index contributed by atoms with van der Waals surface area (Å²) < 4.78 is 45.8. The maximum Gasteiger partial charge on any atom is 0.219 e. The third kappa shape index (κ3) is 2.25. The first-order valence-corrected chi connectivity index (χ1v) is 8.37. The molecule has 0 saturated carbocycles. The molecule has 20 heavy (non-hydrogen) atoms. The van der Waals surface area contributed by atoms with Gasteiger partial charge in [-0.3, -0.25) is 0 Å². The maximum atomic E-state index is 13.7. The minimum Gasteiger partial charge on any atom is -0.377 e. The molecule has 3 rings (SSSR count). The van der Waals surface area contributed by atoms with Gasteiger partial charge in [-0.2, -0.15) is 4.31 Å². The first-order chi connectivity index (χ1) is 9.50. The first kappa shape index (κ1) is 14.0. The summed E-state index contributed by atoms with van der Waals surface area (Å²) in [6.07, 6.45) is 0.702. The van der Waals surface area contributed by atoms with E-state index < -0.39 is 15.3 Å². The van der Waals surface area contributed by atoms with Gasteiger partial charge in [-0.25, -0.2) is 12.8 Å². The van der Waals surface area contributed by atoms with Gasteiger partial charge >= 0.3 is 0 Å². The van der Waals surface area contributed by atoms with Crippen LogP contribution in [0.4, 0.5) is 4.39 Å². The molecule has 1 saturated heterocycles. The third-order valence-corrected chi connectivity index (χ3v) is 6.64. The van der Waals surface area contributed by atoms with Crippen LogP contribution in [0.2, 0.25) is 0 Å². The van der Waals surface area contributed by atoms with Crippen LogP contribution in [0.3, 0.4) is 0 Å². The lowest BCUT2D eigenvalue weighted by Crippen LogP contribution is -2.44. The highest BCUT2D eigenvalue weighted by Gasteiger charge is 2.40. The highest BCUT2D eigenvalue weighted by molar-refractivity contribution is 7.89. The quantitative estimate of drug-likeness (QED) is 0.835. The monoisotopic (exact) mass is 299 g/mol. The second-order valence-electron chi connectivity index (χ2n) is 5.41. The molecule has 0 N–H and O–H groups in total. The number of ether oxygens (including phenoxy) is 1. The SMILES string of the molecule is C[C@@H]1OCC[C@@H]1S(=O)(=O)N1CCc2c(F)cccc2C1. The average molecular weight is 299 g/mol. The molecule has 4 nitrogen and oxygen atoms in total. The van der Waals surface area contributed by atoms with Gasteiger partial charge < -0.3 is 4.74 Å². The molecule has 0 aliphatic carbocycles. The van der Waals surface area contributed by atoms with E-state index in [1.54, 1.807) is 19.1 Å². The standard InChI is InChI=1S/C14H18FNO3S/c1-10-14(6-8-19-10)20(17,18)16-7-5-12-11(9-16)3-2-4-13(12)15/h2-4,10,14H,5-9H2,1H3/t10-,14-/m0/s1. The molecule has 0 spiro atoms. The van der Waals surface area contributed by atoms with Crippen molar-refractivity contribution >= 4 is 10.0 Å². The number of nitrogens with zero attached hydrogens (tertiary/aromatic N) is 1. The zero-order chi connectivity index (χ0) is 14.3. The van der Waals surface area contributed by atoms with E-state index in [1.165, 1.54) is 10.4 Å². The summed E-state index contributed by atoms with van der Waals surface area (Å²) in [5.41, 5.74) is 1.42. The second-order valence-corrected chi connectivity index (χ2v) is 7.56. The van der Waals surface area contributed by atoms with Gasteiger partial charge in [0, 0.05) is 19.7 Å². The molecular formula is C14H18FNO3S. The molecule has 110 valence electrons. The molecule has 0 aromatic heterocycles. The number of hydrogen-bond acceptors (Lipinski definition) is 3. The van der Waals surface area contributed by atoms with Crippen LogP contribution >= 0.6 is 0 Å². The molecule has 0 radical (unpaired) electrons. The van der Waals surface area contributed by atoms with Crippen LogP contribution < -0.4 is 0 Å². The van der Waals surface area contributed by atoms with Gasteiger partial charge in [0.25, 0.3) is 0 Å². The molecule has 1 aromatic rings. The average Bonchev–Trinajstić information content (AvgIpc) is 2.85. The van der Waals surface area contributed by atoms with Crippen molar-refractivity contribution in [2.24, 2.45) is 0 Å². The molecule has 1 fully saturated rings. The predicted molar refractivity (Wildman–Crippen MR) is 73.3 cm³/mol. The Bertz CT molecular complexity index is 617. The van der Waals surface area contributed by atoms with Crippen LogP contribution in [0.15, 0.2) is 18.2 Å². The number of hydrogen-bond donors (Lipinski definition) is 0. The molecule has 6 heteroatoms. The molecule has 2 heterocycles. The van der Waals surface area contributed by atoms with Crippen molar-refractivity contribution in [3.05, 3.63) is 35.1 Å². The van der Waals surface area contributed by atoms with Gasteiger partial charge in [0.1, 0.15) is 11.1 Å². The lowest BCUT2D eigenvalue weighted by atomic mass is 10.0. The Morgan fingerprint density at radius 2 is 2.20 bits per heavy atom. The molecule has 0 unspecified atom stereocenters. The van der Waals surface area contributed by atoms with E-state index >= 15 is 0 Å².